The van der Waals surface area contributed by atoms with Gasteiger partial charge in [-0.25, -0.2) is 18.1 Å². The van der Waals surface area contributed by atoms with Crippen LogP contribution in [0.2, 0.25) is 0 Å². The van der Waals surface area contributed by atoms with E-state index < -0.39 is 15.9 Å². The van der Waals surface area contributed by atoms with E-state index in [-0.39, 0.29) is 17.6 Å². The molecule has 9 heteroatoms. The Morgan fingerprint density at radius 3 is 2.62 bits per heavy atom. The average Bonchev–Trinajstić information content (AvgIpc) is 2.82. The van der Waals surface area contributed by atoms with Crippen molar-refractivity contribution in [3.63, 3.8) is 0 Å². The number of carbonyl (C=O) groups excluding carboxylic acids is 1. The van der Waals surface area contributed by atoms with E-state index in [4.69, 9.17) is 5.73 Å². The number of hydrogen-bond acceptors (Lipinski definition) is 5. The van der Waals surface area contributed by atoms with Crippen molar-refractivity contribution >= 4 is 15.9 Å². The van der Waals surface area contributed by atoms with Crippen molar-refractivity contribution in [3.8, 4) is 0 Å². The van der Waals surface area contributed by atoms with Crippen LogP contribution in [0.5, 0.6) is 0 Å². The molecule has 1 atom stereocenters. The predicted molar refractivity (Wildman–Crippen MR) is 78.8 cm³/mol. The molecule has 0 bridgehead atoms. The number of hydrogen-bond donors (Lipinski definition) is 3. The van der Waals surface area contributed by atoms with E-state index in [0.717, 1.165) is 6.42 Å². The van der Waals surface area contributed by atoms with Gasteiger partial charge in [-0.15, -0.1) is 0 Å². The first-order valence-electron chi connectivity index (χ1n) is 6.71. The second-order valence-corrected chi connectivity index (χ2v) is 7.05. The highest BCUT2D eigenvalue weighted by Crippen LogP contribution is 2.04. The lowest BCUT2D eigenvalue weighted by molar-refractivity contribution is -0.120. The number of nitrogens with one attached hydrogen (secondary N) is 2. The minimum Gasteiger partial charge on any atom is -0.351 e. The van der Waals surface area contributed by atoms with E-state index in [2.05, 4.69) is 15.0 Å². The number of imidazole rings is 1. The Hall–Kier alpha value is -1.45. The Kier molecular flexibility index (Phi) is 6.31. The molecular weight excluding hydrogens is 294 g/mol. The first-order chi connectivity index (χ1) is 9.74. The second kappa shape index (κ2) is 7.53. The summed E-state index contributed by atoms with van der Waals surface area (Å²) >= 11 is 0. The Bertz CT molecular complexity index is 567. The third kappa shape index (κ3) is 5.82. The van der Waals surface area contributed by atoms with Crippen LogP contribution in [0.4, 0.5) is 0 Å². The van der Waals surface area contributed by atoms with E-state index in [1.807, 2.05) is 13.8 Å². The summed E-state index contributed by atoms with van der Waals surface area (Å²) < 4.78 is 27.5. The fourth-order valence-corrected chi connectivity index (χ4v) is 2.78. The van der Waals surface area contributed by atoms with Gasteiger partial charge in [0.25, 0.3) is 10.0 Å². The summed E-state index contributed by atoms with van der Waals surface area (Å²) in [6.07, 6.45) is 3.48. The Morgan fingerprint density at radius 2 is 2.14 bits per heavy atom. The maximum Gasteiger partial charge on any atom is 0.260 e. The zero-order valence-corrected chi connectivity index (χ0v) is 13.4. The molecule has 0 spiro atoms. The first-order valence-corrected chi connectivity index (χ1v) is 8.20. The average molecular weight is 317 g/mol. The molecule has 120 valence electrons. The molecule has 1 aromatic heterocycles. The minimum atomic E-state index is -3.77. The molecule has 21 heavy (non-hydrogen) atoms. The van der Waals surface area contributed by atoms with Crippen LogP contribution in [-0.2, 0) is 21.9 Å². The number of nitrogens with zero attached hydrogens (tertiary/aromatic N) is 2. The molecule has 0 aliphatic carbocycles. The standard InChI is InChI=1S/C12H23N5O3S/c1-9(2)4-10(5-13)16-11(18)6-15-21(19,20)12-7-17(3)8-14-12/h7-10,15H,4-6,13H2,1-3H3,(H,16,18). The van der Waals surface area contributed by atoms with Gasteiger partial charge in [-0.1, -0.05) is 13.8 Å². The molecule has 4 N–H and O–H groups in total. The van der Waals surface area contributed by atoms with Gasteiger partial charge in [0, 0.05) is 25.8 Å². The molecule has 1 aromatic rings. The normalized spacial score (nSPS) is 13.4. The largest absolute Gasteiger partial charge is 0.351 e. The number of rotatable bonds is 8. The van der Waals surface area contributed by atoms with E-state index in [0.29, 0.717) is 12.5 Å². The summed E-state index contributed by atoms with van der Waals surface area (Å²) in [6.45, 7) is 4.03. The Labute approximate surface area is 125 Å². The van der Waals surface area contributed by atoms with Gasteiger partial charge in [-0.2, -0.15) is 0 Å². The van der Waals surface area contributed by atoms with Crippen molar-refractivity contribution in [2.45, 2.75) is 31.3 Å². The topological polar surface area (TPSA) is 119 Å². The fourth-order valence-electron chi connectivity index (χ4n) is 1.82. The molecule has 0 radical (unpaired) electrons. The molecule has 0 fully saturated rings. The smallest absolute Gasteiger partial charge is 0.260 e. The molecule has 1 heterocycles. The summed E-state index contributed by atoms with van der Waals surface area (Å²) in [6, 6.07) is -0.156. The number of carbonyl (C=O) groups is 1. The van der Waals surface area contributed by atoms with Crippen molar-refractivity contribution in [1.29, 1.82) is 0 Å². The van der Waals surface area contributed by atoms with Crippen LogP contribution in [0, 0.1) is 5.92 Å². The number of nitrogens with two attached hydrogens (primary N) is 1. The molecule has 0 aromatic carbocycles. The number of aryl methyl sites for hydroxylation is 1. The summed E-state index contributed by atoms with van der Waals surface area (Å²) in [4.78, 5) is 15.5. The molecule has 1 rings (SSSR count). The molecule has 0 saturated carbocycles. The van der Waals surface area contributed by atoms with Gasteiger partial charge in [-0.3, -0.25) is 4.79 Å². The monoisotopic (exact) mass is 317 g/mol. The summed E-state index contributed by atoms with van der Waals surface area (Å²) in [7, 11) is -2.11. The highest BCUT2D eigenvalue weighted by molar-refractivity contribution is 7.89. The van der Waals surface area contributed by atoms with Crippen LogP contribution in [0.15, 0.2) is 17.6 Å². The maximum atomic E-state index is 11.9. The van der Waals surface area contributed by atoms with Crippen LogP contribution in [0.25, 0.3) is 0 Å². The molecule has 0 aliphatic heterocycles. The van der Waals surface area contributed by atoms with Crippen LogP contribution < -0.4 is 15.8 Å². The Balaban J connectivity index is 2.52. The minimum absolute atomic E-state index is 0.115. The van der Waals surface area contributed by atoms with Crippen LogP contribution >= 0.6 is 0 Å². The van der Waals surface area contributed by atoms with Crippen molar-refractivity contribution in [2.24, 2.45) is 18.7 Å². The number of amides is 1. The lowest BCUT2D eigenvalue weighted by Gasteiger charge is -2.18. The lowest BCUT2D eigenvalue weighted by Crippen LogP contribution is -2.45. The zero-order chi connectivity index (χ0) is 16.0. The summed E-state index contributed by atoms with van der Waals surface area (Å²) in [5.41, 5.74) is 5.58. The van der Waals surface area contributed by atoms with Gasteiger partial charge >= 0.3 is 0 Å². The predicted octanol–water partition coefficient (Wildman–Crippen LogP) is -0.812. The molecular formula is C12H23N5O3S. The van der Waals surface area contributed by atoms with Crippen molar-refractivity contribution < 1.29 is 13.2 Å². The van der Waals surface area contributed by atoms with Crippen molar-refractivity contribution in [1.82, 2.24) is 19.6 Å². The van der Waals surface area contributed by atoms with Crippen molar-refractivity contribution in [2.75, 3.05) is 13.1 Å². The zero-order valence-electron chi connectivity index (χ0n) is 12.5. The molecule has 1 amide bonds. The van der Waals surface area contributed by atoms with Gasteiger partial charge in [0.05, 0.1) is 12.9 Å². The quantitative estimate of drug-likeness (QED) is 0.579. The van der Waals surface area contributed by atoms with Gasteiger partial charge in [0.15, 0.2) is 5.03 Å². The first kappa shape index (κ1) is 17.6. The van der Waals surface area contributed by atoms with E-state index >= 15 is 0 Å². The van der Waals surface area contributed by atoms with Crippen LogP contribution in [0.3, 0.4) is 0 Å². The molecule has 1 unspecified atom stereocenters. The Morgan fingerprint density at radius 1 is 1.48 bits per heavy atom. The van der Waals surface area contributed by atoms with E-state index in [1.165, 1.54) is 17.1 Å². The van der Waals surface area contributed by atoms with Gasteiger partial charge in [0.2, 0.25) is 5.91 Å². The maximum absolute atomic E-state index is 11.9. The summed E-state index contributed by atoms with van der Waals surface area (Å²) in [5.74, 6) is -0.0188. The number of sulfonamides is 1. The third-order valence-electron chi connectivity index (χ3n) is 2.78. The molecule has 0 saturated heterocycles. The second-order valence-electron chi connectivity index (χ2n) is 5.33. The van der Waals surface area contributed by atoms with Crippen LogP contribution in [0.1, 0.15) is 20.3 Å². The van der Waals surface area contributed by atoms with E-state index in [1.54, 1.807) is 7.05 Å². The number of aromatic nitrogens is 2. The SMILES string of the molecule is CC(C)CC(CN)NC(=O)CNS(=O)(=O)c1cn(C)cn1. The molecule has 0 aliphatic rings. The third-order valence-corrected chi connectivity index (χ3v) is 4.07. The van der Waals surface area contributed by atoms with Gasteiger partial charge < -0.3 is 15.6 Å². The highest BCUT2D eigenvalue weighted by Gasteiger charge is 2.19. The molecule has 8 nitrogen and oxygen atoms in total. The highest BCUT2D eigenvalue weighted by atomic mass is 32.2. The van der Waals surface area contributed by atoms with E-state index in [9.17, 15) is 13.2 Å². The van der Waals surface area contributed by atoms with Crippen LogP contribution in [-0.4, -0.2) is 43.0 Å². The van der Waals surface area contributed by atoms with Gasteiger partial charge in [0.1, 0.15) is 0 Å². The van der Waals surface area contributed by atoms with Gasteiger partial charge in [-0.05, 0) is 12.3 Å². The lowest BCUT2D eigenvalue weighted by atomic mass is 10.0. The van der Waals surface area contributed by atoms with Crippen molar-refractivity contribution in [3.05, 3.63) is 12.5 Å². The fraction of sp³-hybridized carbons (Fsp3) is 0.667. The summed E-state index contributed by atoms with van der Waals surface area (Å²) in [5, 5.41) is 2.60.